The zero-order chi connectivity index (χ0) is 16.9. The molecule has 0 unspecified atom stereocenters. The maximum Gasteiger partial charge on any atom is 0.228 e. The maximum absolute atomic E-state index is 13.6. The fourth-order valence-corrected chi connectivity index (χ4v) is 4.55. The van der Waals surface area contributed by atoms with Crippen LogP contribution in [-0.4, -0.2) is 28.9 Å². The van der Waals surface area contributed by atoms with E-state index in [1.54, 1.807) is 12.1 Å². The Morgan fingerprint density at radius 1 is 1.38 bits per heavy atom. The minimum Gasteiger partial charge on any atom is -0.342 e. The summed E-state index contributed by atoms with van der Waals surface area (Å²) in [5.41, 5.74) is 1.50. The maximum atomic E-state index is 13.6. The van der Waals surface area contributed by atoms with Gasteiger partial charge in [0.2, 0.25) is 5.91 Å². The summed E-state index contributed by atoms with van der Waals surface area (Å²) in [7, 11) is 0. The predicted octanol–water partition coefficient (Wildman–Crippen LogP) is 4.38. The summed E-state index contributed by atoms with van der Waals surface area (Å²) in [5.74, 6) is 1.25. The number of amides is 1. The van der Waals surface area contributed by atoms with Crippen LogP contribution in [0.25, 0.3) is 0 Å². The standard InChI is InChI=1S/C18H21FN2OS2/c1-13-6-8-21(9-7-13)17(22)10-15-12-24-18(20-15)23-11-14-4-2-3-5-16(14)19/h2-5,12-13H,6-11H2,1H3. The van der Waals surface area contributed by atoms with Gasteiger partial charge in [-0.3, -0.25) is 4.79 Å². The van der Waals surface area contributed by atoms with Crippen molar-refractivity contribution in [3.05, 3.63) is 46.7 Å². The van der Waals surface area contributed by atoms with Crippen molar-refractivity contribution in [3.8, 4) is 0 Å². The Hall–Kier alpha value is -1.40. The van der Waals surface area contributed by atoms with Gasteiger partial charge in [-0.1, -0.05) is 36.9 Å². The van der Waals surface area contributed by atoms with E-state index in [2.05, 4.69) is 11.9 Å². The number of hydrogen-bond acceptors (Lipinski definition) is 4. The lowest BCUT2D eigenvalue weighted by atomic mass is 9.99. The number of halogens is 1. The van der Waals surface area contributed by atoms with Crippen molar-refractivity contribution in [2.45, 2.75) is 36.3 Å². The summed E-state index contributed by atoms with van der Waals surface area (Å²) in [6.45, 7) is 3.96. The molecule has 2 aromatic rings. The van der Waals surface area contributed by atoms with Crippen LogP contribution in [0.5, 0.6) is 0 Å². The van der Waals surface area contributed by atoms with Crippen LogP contribution in [0.1, 0.15) is 31.0 Å². The molecule has 0 saturated carbocycles. The summed E-state index contributed by atoms with van der Waals surface area (Å²) in [5, 5.41) is 1.94. The number of nitrogens with zero attached hydrogens (tertiary/aromatic N) is 2. The average molecular weight is 365 g/mol. The summed E-state index contributed by atoms with van der Waals surface area (Å²) >= 11 is 3.04. The molecule has 3 rings (SSSR count). The van der Waals surface area contributed by atoms with Gasteiger partial charge in [-0.05, 0) is 30.4 Å². The number of thiazole rings is 1. The first-order chi connectivity index (χ1) is 11.6. The van der Waals surface area contributed by atoms with Crippen LogP contribution in [0.2, 0.25) is 0 Å². The molecule has 128 valence electrons. The second-order valence-corrected chi connectivity index (χ2v) is 8.31. The molecule has 1 amide bonds. The highest BCUT2D eigenvalue weighted by molar-refractivity contribution is 8.00. The molecule has 6 heteroatoms. The highest BCUT2D eigenvalue weighted by atomic mass is 32.2. The van der Waals surface area contributed by atoms with Crippen LogP contribution in [0.4, 0.5) is 4.39 Å². The third kappa shape index (κ3) is 4.57. The number of rotatable bonds is 5. The van der Waals surface area contributed by atoms with E-state index < -0.39 is 0 Å². The van der Waals surface area contributed by atoms with E-state index in [-0.39, 0.29) is 11.7 Å². The Balaban J connectivity index is 1.52. The SMILES string of the molecule is CC1CCN(C(=O)Cc2csc(SCc3ccccc3F)n2)CC1. The summed E-state index contributed by atoms with van der Waals surface area (Å²) in [6, 6.07) is 6.79. The summed E-state index contributed by atoms with van der Waals surface area (Å²) in [4.78, 5) is 18.8. The molecule has 1 aliphatic heterocycles. The highest BCUT2D eigenvalue weighted by Gasteiger charge is 2.21. The number of carbonyl (C=O) groups excluding carboxylic acids is 1. The Bertz CT molecular complexity index is 696. The molecule has 0 atom stereocenters. The molecule has 1 saturated heterocycles. The smallest absolute Gasteiger partial charge is 0.228 e. The van der Waals surface area contributed by atoms with Gasteiger partial charge in [0.15, 0.2) is 0 Å². The molecule has 0 bridgehead atoms. The molecule has 1 fully saturated rings. The molecule has 0 spiro atoms. The van der Waals surface area contributed by atoms with E-state index in [9.17, 15) is 9.18 Å². The van der Waals surface area contributed by atoms with Crippen LogP contribution in [0.15, 0.2) is 34.0 Å². The summed E-state index contributed by atoms with van der Waals surface area (Å²) in [6.07, 6.45) is 2.55. The van der Waals surface area contributed by atoms with Crippen molar-refractivity contribution >= 4 is 29.0 Å². The van der Waals surface area contributed by atoms with Gasteiger partial charge in [0.25, 0.3) is 0 Å². The fraction of sp³-hybridized carbons (Fsp3) is 0.444. The highest BCUT2D eigenvalue weighted by Crippen LogP contribution is 2.27. The second kappa shape index (κ2) is 8.12. The molecule has 2 heterocycles. The Morgan fingerprint density at radius 2 is 2.12 bits per heavy atom. The lowest BCUT2D eigenvalue weighted by Crippen LogP contribution is -2.38. The van der Waals surface area contributed by atoms with Gasteiger partial charge in [0, 0.05) is 24.2 Å². The molecule has 24 heavy (non-hydrogen) atoms. The average Bonchev–Trinajstić information content (AvgIpc) is 3.02. The largest absolute Gasteiger partial charge is 0.342 e. The van der Waals surface area contributed by atoms with Gasteiger partial charge < -0.3 is 4.90 Å². The van der Waals surface area contributed by atoms with Gasteiger partial charge in [-0.15, -0.1) is 11.3 Å². The fourth-order valence-electron chi connectivity index (χ4n) is 2.72. The number of benzene rings is 1. The van der Waals surface area contributed by atoms with E-state index >= 15 is 0 Å². The number of aromatic nitrogens is 1. The second-order valence-electron chi connectivity index (χ2n) is 6.22. The third-order valence-electron chi connectivity index (χ3n) is 4.31. The van der Waals surface area contributed by atoms with Crippen LogP contribution in [0.3, 0.4) is 0 Å². The van der Waals surface area contributed by atoms with Crippen LogP contribution >= 0.6 is 23.1 Å². The first-order valence-electron chi connectivity index (χ1n) is 8.20. The predicted molar refractivity (Wildman–Crippen MR) is 96.8 cm³/mol. The Labute approximate surface area is 150 Å². The molecule has 0 N–H and O–H groups in total. The van der Waals surface area contributed by atoms with Gasteiger partial charge in [0.1, 0.15) is 10.2 Å². The van der Waals surface area contributed by atoms with E-state index in [1.807, 2.05) is 16.3 Å². The molecule has 0 radical (unpaired) electrons. The normalized spacial score (nSPS) is 15.7. The van der Waals surface area contributed by atoms with E-state index in [0.717, 1.165) is 41.9 Å². The molecular formula is C18H21FN2OS2. The topological polar surface area (TPSA) is 33.2 Å². The van der Waals surface area contributed by atoms with Crippen molar-refractivity contribution in [1.82, 2.24) is 9.88 Å². The number of likely N-dealkylation sites (tertiary alicyclic amines) is 1. The van der Waals surface area contributed by atoms with Crippen molar-refractivity contribution in [2.75, 3.05) is 13.1 Å². The molecular weight excluding hydrogens is 343 g/mol. The van der Waals surface area contributed by atoms with Gasteiger partial charge in [-0.2, -0.15) is 0 Å². The third-order valence-corrected chi connectivity index (χ3v) is 6.43. The number of hydrogen-bond donors (Lipinski definition) is 0. The molecule has 1 aliphatic rings. The van der Waals surface area contributed by atoms with Crippen molar-refractivity contribution in [3.63, 3.8) is 0 Å². The molecule has 1 aromatic heterocycles. The van der Waals surface area contributed by atoms with Crippen molar-refractivity contribution < 1.29 is 9.18 Å². The Morgan fingerprint density at radius 3 is 2.88 bits per heavy atom. The number of carbonyl (C=O) groups is 1. The molecule has 3 nitrogen and oxygen atoms in total. The summed E-state index contributed by atoms with van der Waals surface area (Å²) < 4.78 is 14.5. The van der Waals surface area contributed by atoms with E-state index in [0.29, 0.717) is 17.7 Å². The van der Waals surface area contributed by atoms with E-state index in [1.165, 1.54) is 29.2 Å². The Kier molecular flexibility index (Phi) is 5.89. The minimum atomic E-state index is -0.184. The zero-order valence-electron chi connectivity index (χ0n) is 13.7. The lowest BCUT2D eigenvalue weighted by molar-refractivity contribution is -0.131. The number of thioether (sulfide) groups is 1. The van der Waals surface area contributed by atoms with Gasteiger partial charge in [-0.25, -0.2) is 9.37 Å². The van der Waals surface area contributed by atoms with Crippen LogP contribution in [0, 0.1) is 11.7 Å². The molecule has 1 aromatic carbocycles. The lowest BCUT2D eigenvalue weighted by Gasteiger charge is -2.30. The van der Waals surface area contributed by atoms with Crippen molar-refractivity contribution in [2.24, 2.45) is 5.92 Å². The quantitative estimate of drug-likeness (QED) is 0.739. The monoisotopic (exact) mass is 364 g/mol. The van der Waals surface area contributed by atoms with Crippen LogP contribution in [-0.2, 0) is 17.0 Å². The van der Waals surface area contributed by atoms with Crippen LogP contribution < -0.4 is 0 Å². The first-order valence-corrected chi connectivity index (χ1v) is 10.1. The van der Waals surface area contributed by atoms with Crippen molar-refractivity contribution in [1.29, 1.82) is 0 Å². The number of piperidine rings is 1. The van der Waals surface area contributed by atoms with Gasteiger partial charge >= 0.3 is 0 Å². The first kappa shape index (κ1) is 17.4. The van der Waals surface area contributed by atoms with E-state index in [4.69, 9.17) is 0 Å². The minimum absolute atomic E-state index is 0.165. The van der Waals surface area contributed by atoms with Gasteiger partial charge in [0.05, 0.1) is 12.1 Å². The zero-order valence-corrected chi connectivity index (χ0v) is 15.3. The molecule has 0 aliphatic carbocycles.